The Hall–Kier alpha value is -2.40. The molecule has 130 valence electrons. The van der Waals surface area contributed by atoms with Crippen molar-refractivity contribution in [3.63, 3.8) is 0 Å². The molecule has 4 aromatic rings. The van der Waals surface area contributed by atoms with Gasteiger partial charge in [-0.25, -0.2) is 9.50 Å². The lowest BCUT2D eigenvalue weighted by Crippen LogP contribution is -2.01. The fraction of sp³-hybridized carbons (Fsp3) is 0.350. The van der Waals surface area contributed by atoms with Gasteiger partial charge in [-0.1, -0.05) is 23.7 Å². The molecule has 0 radical (unpaired) electrons. The van der Waals surface area contributed by atoms with Gasteiger partial charge in [-0.2, -0.15) is 10.2 Å². The van der Waals surface area contributed by atoms with Gasteiger partial charge in [-0.3, -0.25) is 4.68 Å². The van der Waals surface area contributed by atoms with Crippen molar-refractivity contribution in [1.29, 1.82) is 0 Å². The lowest BCUT2D eigenvalue weighted by atomic mass is 10.0. The van der Waals surface area contributed by atoms with E-state index in [-0.39, 0.29) is 0 Å². The first-order chi connectivity index (χ1) is 12.8. The Balaban J connectivity index is 1.36. The number of nitrogens with zero attached hydrogens (tertiary/aromatic N) is 5. The second-order valence-electron chi connectivity index (χ2n) is 7.65. The molecule has 2 saturated carbocycles. The summed E-state index contributed by atoms with van der Waals surface area (Å²) in [7, 11) is 0. The summed E-state index contributed by atoms with van der Waals surface area (Å²) in [6, 6.07) is 8.77. The first-order valence-corrected chi connectivity index (χ1v) is 9.59. The summed E-state index contributed by atoms with van der Waals surface area (Å²) in [4.78, 5) is 4.47. The number of hydrogen-bond acceptors (Lipinski definition) is 3. The number of fused-ring (bicyclic) bond motifs is 2. The lowest BCUT2D eigenvalue weighted by molar-refractivity contribution is 0.580. The van der Waals surface area contributed by atoms with E-state index in [0.717, 1.165) is 24.5 Å². The van der Waals surface area contributed by atoms with Gasteiger partial charge >= 0.3 is 0 Å². The molecule has 26 heavy (non-hydrogen) atoms. The molecule has 2 fully saturated rings. The third-order valence-corrected chi connectivity index (χ3v) is 5.96. The van der Waals surface area contributed by atoms with E-state index in [9.17, 15) is 0 Å². The molecule has 2 aliphatic rings. The van der Waals surface area contributed by atoms with Crippen molar-refractivity contribution in [2.24, 2.45) is 5.92 Å². The average molecular weight is 364 g/mol. The number of benzene rings is 1. The third-order valence-electron chi connectivity index (χ3n) is 5.77. The molecule has 2 aliphatic carbocycles. The van der Waals surface area contributed by atoms with Crippen LogP contribution < -0.4 is 0 Å². The van der Waals surface area contributed by atoms with Crippen LogP contribution in [0.3, 0.4) is 0 Å². The van der Waals surface area contributed by atoms with E-state index in [1.54, 1.807) is 10.7 Å². The highest BCUT2D eigenvalue weighted by Crippen LogP contribution is 2.55. The molecule has 0 saturated heterocycles. The molecule has 0 aliphatic heterocycles. The van der Waals surface area contributed by atoms with Crippen LogP contribution in [0.2, 0.25) is 5.15 Å². The Kier molecular flexibility index (Phi) is 3.00. The van der Waals surface area contributed by atoms with Crippen LogP contribution in [0.1, 0.15) is 42.2 Å². The molecular weight excluding hydrogens is 346 g/mol. The van der Waals surface area contributed by atoms with Gasteiger partial charge < -0.3 is 0 Å². The molecule has 3 heterocycles. The summed E-state index contributed by atoms with van der Waals surface area (Å²) in [6.45, 7) is 1.05. The van der Waals surface area contributed by atoms with Gasteiger partial charge in [0.25, 0.3) is 0 Å². The molecule has 6 heteroatoms. The van der Waals surface area contributed by atoms with Crippen LogP contribution >= 0.6 is 11.6 Å². The summed E-state index contributed by atoms with van der Waals surface area (Å²) in [6.07, 6.45) is 9.43. The predicted octanol–water partition coefficient (Wildman–Crippen LogP) is 4.41. The Morgan fingerprint density at radius 2 is 2.08 bits per heavy atom. The molecule has 0 spiro atoms. The van der Waals surface area contributed by atoms with Crippen molar-refractivity contribution < 1.29 is 0 Å². The van der Waals surface area contributed by atoms with Crippen molar-refractivity contribution in [3.8, 4) is 0 Å². The summed E-state index contributed by atoms with van der Waals surface area (Å²) >= 11 is 6.21. The molecule has 6 rings (SSSR count). The van der Waals surface area contributed by atoms with E-state index < -0.39 is 0 Å². The average Bonchev–Trinajstić information content (AvgIpc) is 3.53. The molecule has 0 amide bonds. The van der Waals surface area contributed by atoms with Gasteiger partial charge in [0.1, 0.15) is 5.15 Å². The quantitative estimate of drug-likeness (QED) is 0.539. The van der Waals surface area contributed by atoms with E-state index >= 15 is 0 Å². The highest BCUT2D eigenvalue weighted by atomic mass is 35.5. The van der Waals surface area contributed by atoms with Gasteiger partial charge in [-0.05, 0) is 54.7 Å². The van der Waals surface area contributed by atoms with Gasteiger partial charge in [0.2, 0.25) is 0 Å². The zero-order valence-corrected chi connectivity index (χ0v) is 15.0. The Morgan fingerprint density at radius 1 is 1.15 bits per heavy atom. The topological polar surface area (TPSA) is 48.0 Å². The van der Waals surface area contributed by atoms with Crippen LogP contribution in [0.4, 0.5) is 0 Å². The highest BCUT2D eigenvalue weighted by Gasteiger charge is 2.41. The SMILES string of the molecule is Clc1cc([C@H]2CC2c2ccc3cnn(CC4CC4)c3c2)c2nccn2n1. The maximum atomic E-state index is 6.21. The zero-order chi connectivity index (χ0) is 17.3. The van der Waals surface area contributed by atoms with Crippen LogP contribution in [-0.2, 0) is 6.54 Å². The van der Waals surface area contributed by atoms with Gasteiger partial charge in [0.05, 0.1) is 11.7 Å². The van der Waals surface area contributed by atoms with Crippen LogP contribution in [0.5, 0.6) is 0 Å². The van der Waals surface area contributed by atoms with Crippen molar-refractivity contribution in [3.05, 3.63) is 59.1 Å². The smallest absolute Gasteiger partial charge is 0.157 e. The van der Waals surface area contributed by atoms with E-state index in [0.29, 0.717) is 17.0 Å². The molecule has 0 bridgehead atoms. The fourth-order valence-corrected chi connectivity index (χ4v) is 4.30. The molecule has 3 aromatic heterocycles. The maximum Gasteiger partial charge on any atom is 0.157 e. The van der Waals surface area contributed by atoms with Crippen LogP contribution in [-0.4, -0.2) is 24.4 Å². The number of aromatic nitrogens is 5. The largest absolute Gasteiger partial charge is 0.265 e. The second kappa shape index (κ2) is 5.30. The minimum atomic E-state index is 0.456. The summed E-state index contributed by atoms with van der Waals surface area (Å²) in [5, 5.41) is 10.6. The van der Waals surface area contributed by atoms with Gasteiger partial charge in [-0.15, -0.1) is 0 Å². The number of rotatable bonds is 4. The van der Waals surface area contributed by atoms with Crippen LogP contribution in [0, 0.1) is 5.92 Å². The monoisotopic (exact) mass is 363 g/mol. The normalized spacial score (nSPS) is 22.3. The summed E-state index contributed by atoms with van der Waals surface area (Å²) in [5.41, 5.74) is 4.77. The zero-order valence-electron chi connectivity index (χ0n) is 14.2. The molecule has 0 N–H and O–H groups in total. The Morgan fingerprint density at radius 3 is 2.96 bits per heavy atom. The van der Waals surface area contributed by atoms with Crippen LogP contribution in [0.25, 0.3) is 16.6 Å². The van der Waals surface area contributed by atoms with Crippen molar-refractivity contribution in [1.82, 2.24) is 24.4 Å². The van der Waals surface area contributed by atoms with E-state index in [4.69, 9.17) is 11.6 Å². The molecule has 1 unspecified atom stereocenters. The summed E-state index contributed by atoms with van der Waals surface area (Å²) < 4.78 is 3.96. The Bertz CT molecular complexity index is 1140. The lowest BCUT2D eigenvalue weighted by Gasteiger charge is -2.06. The first kappa shape index (κ1) is 14.7. The number of hydrogen-bond donors (Lipinski definition) is 0. The number of halogens is 1. The Labute approximate surface area is 155 Å². The van der Waals surface area contributed by atoms with E-state index in [2.05, 4.69) is 38.1 Å². The van der Waals surface area contributed by atoms with Gasteiger partial charge in [0.15, 0.2) is 5.65 Å². The second-order valence-corrected chi connectivity index (χ2v) is 8.04. The predicted molar refractivity (Wildman–Crippen MR) is 101 cm³/mol. The van der Waals surface area contributed by atoms with Gasteiger partial charge in [0, 0.05) is 29.9 Å². The maximum absolute atomic E-state index is 6.21. The van der Waals surface area contributed by atoms with E-state index in [1.807, 2.05) is 18.5 Å². The first-order valence-electron chi connectivity index (χ1n) is 9.21. The van der Waals surface area contributed by atoms with E-state index in [1.165, 1.54) is 34.9 Å². The molecule has 1 aromatic carbocycles. The minimum Gasteiger partial charge on any atom is -0.265 e. The summed E-state index contributed by atoms with van der Waals surface area (Å²) in [5.74, 6) is 1.79. The highest BCUT2D eigenvalue weighted by molar-refractivity contribution is 6.29. The van der Waals surface area contributed by atoms with Crippen molar-refractivity contribution in [2.75, 3.05) is 0 Å². The number of imidazole rings is 1. The third kappa shape index (κ3) is 2.34. The minimum absolute atomic E-state index is 0.456. The molecular formula is C20H18ClN5. The van der Waals surface area contributed by atoms with Crippen LogP contribution in [0.15, 0.2) is 42.9 Å². The van der Waals surface area contributed by atoms with Crippen molar-refractivity contribution in [2.45, 2.75) is 37.6 Å². The molecule has 5 nitrogen and oxygen atoms in total. The molecule has 2 atom stereocenters. The van der Waals surface area contributed by atoms with Crippen molar-refractivity contribution >= 4 is 28.2 Å². The standard InChI is InChI=1S/C20H18ClN5/c21-19-9-17(20-22-5-6-25(20)24-19)16-8-15(16)13-3-4-14-10-23-26(18(14)7-13)11-12-1-2-12/h3-7,9-10,12,15-16H,1-2,8,11H2/t15?,16-/m0/s1. The fourth-order valence-electron chi connectivity index (χ4n) is 4.10.